The number of fused-ring (bicyclic) bond motifs is 3. The zero-order chi connectivity index (χ0) is 27.7. The molecule has 1 amide bonds. The highest BCUT2D eigenvalue weighted by molar-refractivity contribution is 7.71. The second-order valence-corrected chi connectivity index (χ2v) is 10.4. The fourth-order valence-electron chi connectivity index (χ4n) is 4.61. The number of primary amides is 1. The van der Waals surface area contributed by atoms with Crippen molar-refractivity contribution in [2.45, 2.75) is 58.8 Å². The highest BCUT2D eigenvalue weighted by Crippen LogP contribution is 2.46. The molecule has 0 radical (unpaired) electrons. The van der Waals surface area contributed by atoms with Gasteiger partial charge in [-0.3, -0.25) is 0 Å². The summed E-state index contributed by atoms with van der Waals surface area (Å²) < 4.78 is 34.3. The van der Waals surface area contributed by atoms with Crippen molar-refractivity contribution < 1.29 is 23.1 Å². The van der Waals surface area contributed by atoms with Gasteiger partial charge < -0.3 is 15.5 Å². The van der Waals surface area contributed by atoms with E-state index >= 15 is 0 Å². The minimum atomic E-state index is -3.03. The predicted octanol–water partition coefficient (Wildman–Crippen LogP) is 6.11. The number of carbonyl (C=O) groups excluding carboxylic acids is 1. The summed E-state index contributed by atoms with van der Waals surface area (Å²) in [7, 11) is 0. The normalized spacial score (nSPS) is 14.5. The molecule has 2 aromatic heterocycles. The van der Waals surface area contributed by atoms with E-state index in [-0.39, 0.29) is 18.7 Å². The number of benzene rings is 2. The van der Waals surface area contributed by atoms with Crippen LogP contribution >= 0.6 is 12.2 Å². The second kappa shape index (κ2) is 10.6. The first kappa shape index (κ1) is 27.4. The Morgan fingerprint density at radius 3 is 2.45 bits per heavy atom. The topological polar surface area (TPSA) is 111 Å². The molecule has 2 atom stereocenters. The Labute approximate surface area is 223 Å². The Balaban J connectivity index is 1.80. The summed E-state index contributed by atoms with van der Waals surface area (Å²) in [4.78, 5) is 25.0. The standard InChI is InChI=1S/C26H30F2N6O3S/c1-16(34(37-22(27)28)17-10-6-5-7-11-17)14-15-26(25(2,3)4,36-23(29)35)21-31-20-18-12-8-9-13-19(18)30-24(38)33(20)32-21/h5-13,16,22H,14-15H2,1-4H3,(H2,29,35)(H,30,38). The van der Waals surface area contributed by atoms with E-state index in [9.17, 15) is 13.6 Å². The number of anilines is 1. The number of ether oxygens (including phenoxy) is 1. The molecule has 202 valence electrons. The second-order valence-electron chi connectivity index (χ2n) is 10.1. The van der Waals surface area contributed by atoms with Gasteiger partial charge in [0.05, 0.1) is 17.2 Å². The molecule has 2 unspecified atom stereocenters. The average molecular weight is 545 g/mol. The van der Waals surface area contributed by atoms with Crippen LogP contribution in [0.1, 0.15) is 46.4 Å². The molecule has 0 bridgehead atoms. The van der Waals surface area contributed by atoms with Crippen LogP contribution in [-0.2, 0) is 15.2 Å². The Morgan fingerprint density at radius 2 is 1.82 bits per heavy atom. The number of aromatic amines is 1. The summed E-state index contributed by atoms with van der Waals surface area (Å²) in [6.07, 6.45) is -0.595. The van der Waals surface area contributed by atoms with Crippen LogP contribution in [0, 0.1) is 10.2 Å². The number of halogens is 2. The minimum Gasteiger partial charge on any atom is -0.434 e. The van der Waals surface area contributed by atoms with Crippen LogP contribution in [0.2, 0.25) is 0 Å². The number of hydrogen-bond donors (Lipinski definition) is 2. The molecule has 12 heteroatoms. The Bertz CT molecular complexity index is 1490. The van der Waals surface area contributed by atoms with Crippen LogP contribution in [0.4, 0.5) is 19.3 Å². The number of nitrogens with two attached hydrogens (primary N) is 1. The third kappa shape index (κ3) is 5.32. The van der Waals surface area contributed by atoms with Gasteiger partial charge in [-0.2, -0.15) is 13.3 Å². The SMILES string of the molecule is CC(CCC(OC(N)=O)(c1nc2c3ccccc3[nH]c(=S)n2n1)C(C)(C)C)N(OC(F)F)c1ccccc1. The molecule has 4 aromatic rings. The van der Waals surface area contributed by atoms with Gasteiger partial charge in [-0.15, -0.1) is 5.10 Å². The lowest BCUT2D eigenvalue weighted by Gasteiger charge is -2.42. The van der Waals surface area contributed by atoms with E-state index in [0.29, 0.717) is 16.1 Å². The van der Waals surface area contributed by atoms with Crippen molar-refractivity contribution in [1.82, 2.24) is 19.6 Å². The quantitative estimate of drug-likeness (QED) is 0.193. The summed E-state index contributed by atoms with van der Waals surface area (Å²) in [6, 6.07) is 15.5. The van der Waals surface area contributed by atoms with Crippen LogP contribution in [0.25, 0.3) is 16.6 Å². The number of hydroxylamine groups is 1. The Kier molecular flexibility index (Phi) is 7.65. The summed E-state index contributed by atoms with van der Waals surface area (Å²) in [5.74, 6) is 0.202. The zero-order valence-electron chi connectivity index (χ0n) is 21.5. The summed E-state index contributed by atoms with van der Waals surface area (Å²) in [6.45, 7) is 4.33. The van der Waals surface area contributed by atoms with E-state index in [1.54, 1.807) is 37.3 Å². The van der Waals surface area contributed by atoms with Crippen molar-refractivity contribution in [3.63, 3.8) is 0 Å². The number of amides is 1. The molecule has 0 aliphatic heterocycles. The van der Waals surface area contributed by atoms with Gasteiger partial charge >= 0.3 is 12.7 Å². The van der Waals surface area contributed by atoms with Crippen molar-refractivity contribution in [2.75, 3.05) is 5.06 Å². The number of aromatic nitrogens is 4. The van der Waals surface area contributed by atoms with Gasteiger partial charge in [-0.1, -0.05) is 51.1 Å². The first-order chi connectivity index (χ1) is 17.9. The lowest BCUT2D eigenvalue weighted by Crippen LogP contribution is -2.48. The largest absolute Gasteiger partial charge is 0.434 e. The van der Waals surface area contributed by atoms with Crippen molar-refractivity contribution in [2.24, 2.45) is 11.1 Å². The fraction of sp³-hybridized carbons (Fsp3) is 0.385. The molecule has 2 aromatic carbocycles. The Hall–Kier alpha value is -3.64. The van der Waals surface area contributed by atoms with Crippen molar-refractivity contribution >= 4 is 40.5 Å². The predicted molar refractivity (Wildman–Crippen MR) is 142 cm³/mol. The molecule has 0 saturated heterocycles. The van der Waals surface area contributed by atoms with Crippen molar-refractivity contribution in [1.29, 1.82) is 0 Å². The number of rotatable bonds is 9. The van der Waals surface area contributed by atoms with Crippen LogP contribution in [0.15, 0.2) is 54.6 Å². The number of hydrogen-bond acceptors (Lipinski definition) is 7. The van der Waals surface area contributed by atoms with Crippen LogP contribution in [0.3, 0.4) is 0 Å². The molecule has 0 fully saturated rings. The van der Waals surface area contributed by atoms with E-state index in [2.05, 4.69) is 10.1 Å². The molecule has 0 spiro atoms. The van der Waals surface area contributed by atoms with E-state index < -0.39 is 29.8 Å². The van der Waals surface area contributed by atoms with Gasteiger partial charge in [0.2, 0.25) is 4.77 Å². The number of H-pyrrole nitrogens is 1. The van der Waals surface area contributed by atoms with E-state index in [4.69, 9.17) is 32.5 Å². The number of alkyl halides is 2. The third-order valence-electron chi connectivity index (χ3n) is 6.58. The molecule has 0 saturated carbocycles. The number of nitrogens with one attached hydrogen (secondary N) is 1. The lowest BCUT2D eigenvalue weighted by atomic mass is 9.72. The molecular weight excluding hydrogens is 514 g/mol. The molecule has 2 heterocycles. The zero-order valence-corrected chi connectivity index (χ0v) is 22.3. The monoisotopic (exact) mass is 544 g/mol. The van der Waals surface area contributed by atoms with Crippen LogP contribution < -0.4 is 10.8 Å². The molecule has 38 heavy (non-hydrogen) atoms. The number of para-hydroxylation sites is 2. The molecule has 0 aliphatic carbocycles. The van der Waals surface area contributed by atoms with Gasteiger partial charge in [-0.05, 0) is 56.2 Å². The lowest BCUT2D eigenvalue weighted by molar-refractivity contribution is -0.147. The fourth-order valence-corrected chi connectivity index (χ4v) is 4.84. The summed E-state index contributed by atoms with van der Waals surface area (Å²) in [5.41, 5.74) is 5.11. The van der Waals surface area contributed by atoms with Crippen molar-refractivity contribution in [3.8, 4) is 0 Å². The van der Waals surface area contributed by atoms with Gasteiger partial charge in [0.25, 0.3) is 0 Å². The van der Waals surface area contributed by atoms with Gasteiger partial charge in [-0.25, -0.2) is 19.7 Å². The first-order valence-electron chi connectivity index (χ1n) is 12.1. The van der Waals surface area contributed by atoms with Crippen molar-refractivity contribution in [3.05, 3.63) is 65.2 Å². The van der Waals surface area contributed by atoms with Gasteiger partial charge in [0.1, 0.15) is 0 Å². The highest BCUT2D eigenvalue weighted by Gasteiger charge is 2.50. The summed E-state index contributed by atoms with van der Waals surface area (Å²) >= 11 is 5.51. The maximum Gasteiger partial charge on any atom is 0.405 e. The van der Waals surface area contributed by atoms with E-state index in [0.717, 1.165) is 16.0 Å². The average Bonchev–Trinajstić information content (AvgIpc) is 3.31. The Morgan fingerprint density at radius 1 is 1.16 bits per heavy atom. The highest BCUT2D eigenvalue weighted by atomic mass is 32.1. The molecule has 3 N–H and O–H groups in total. The molecular formula is C26H30F2N6O3S. The molecule has 0 aliphatic rings. The maximum absolute atomic E-state index is 13.3. The van der Waals surface area contributed by atoms with E-state index in [1.165, 1.54) is 4.52 Å². The maximum atomic E-state index is 13.3. The van der Waals surface area contributed by atoms with Crippen LogP contribution in [0.5, 0.6) is 0 Å². The smallest absolute Gasteiger partial charge is 0.405 e. The molecule has 9 nitrogen and oxygen atoms in total. The van der Waals surface area contributed by atoms with E-state index in [1.807, 2.05) is 45.0 Å². The number of carbonyl (C=O) groups is 1. The minimum absolute atomic E-state index is 0.155. The van der Waals surface area contributed by atoms with Gasteiger partial charge in [0, 0.05) is 10.8 Å². The van der Waals surface area contributed by atoms with Crippen LogP contribution in [-0.4, -0.2) is 38.3 Å². The first-order valence-corrected chi connectivity index (χ1v) is 12.5. The number of nitrogens with zero attached hydrogens (tertiary/aromatic N) is 4. The summed E-state index contributed by atoms with van der Waals surface area (Å²) in [5, 5.41) is 6.59. The third-order valence-corrected chi connectivity index (χ3v) is 6.85. The molecule has 4 rings (SSSR count). The van der Waals surface area contributed by atoms with Gasteiger partial charge in [0.15, 0.2) is 17.1 Å².